The number of fused-ring (bicyclic) bond motifs is 1. The Balaban J connectivity index is 2.15. The Hall–Kier alpha value is -1.72. The average Bonchev–Trinajstić information content (AvgIpc) is 2.90. The van der Waals surface area contributed by atoms with E-state index < -0.39 is 11.7 Å². The van der Waals surface area contributed by atoms with Crippen LogP contribution >= 0.6 is 0 Å². The van der Waals surface area contributed by atoms with Crippen LogP contribution in [-0.4, -0.2) is 28.6 Å². The molecule has 0 amide bonds. The summed E-state index contributed by atoms with van der Waals surface area (Å²) in [5.74, 6) is -2.69. The number of anilines is 1. The number of benzene rings is 1. The Bertz CT molecular complexity index is 648. The summed E-state index contributed by atoms with van der Waals surface area (Å²) < 4.78 is 42.4. The summed E-state index contributed by atoms with van der Waals surface area (Å²) in [5, 5.41) is 0. The van der Waals surface area contributed by atoms with Gasteiger partial charge in [-0.2, -0.15) is 0 Å². The van der Waals surface area contributed by atoms with Gasteiger partial charge in [0.25, 0.3) is 5.92 Å². The maximum absolute atomic E-state index is 13.8. The first-order chi connectivity index (χ1) is 9.39. The molecule has 0 bridgehead atoms. The highest BCUT2D eigenvalue weighted by Crippen LogP contribution is 2.34. The van der Waals surface area contributed by atoms with Gasteiger partial charge in [-0.25, -0.2) is 18.2 Å². The van der Waals surface area contributed by atoms with Crippen LogP contribution in [0.4, 0.5) is 19.1 Å². The van der Waals surface area contributed by atoms with Gasteiger partial charge in [0.05, 0.1) is 12.1 Å². The van der Waals surface area contributed by atoms with Crippen molar-refractivity contribution < 1.29 is 13.2 Å². The third-order valence-electron chi connectivity index (χ3n) is 3.62. The lowest BCUT2D eigenvalue weighted by molar-refractivity contribution is 0.0256. The number of alkyl halides is 2. The number of hydrogen-bond donors (Lipinski definition) is 0. The van der Waals surface area contributed by atoms with Crippen LogP contribution in [0.25, 0.3) is 11.0 Å². The molecule has 0 unspecified atom stereocenters. The minimum absolute atomic E-state index is 0.0195. The molecule has 1 fully saturated rings. The van der Waals surface area contributed by atoms with E-state index in [9.17, 15) is 13.2 Å². The van der Waals surface area contributed by atoms with Crippen molar-refractivity contribution in [2.75, 3.05) is 18.0 Å². The fourth-order valence-corrected chi connectivity index (χ4v) is 2.71. The number of halogens is 3. The molecule has 0 N–H and O–H groups in total. The van der Waals surface area contributed by atoms with E-state index in [1.54, 1.807) is 17.0 Å². The van der Waals surface area contributed by atoms with Crippen LogP contribution in [0.1, 0.15) is 26.3 Å². The van der Waals surface area contributed by atoms with Crippen molar-refractivity contribution in [3.8, 4) is 0 Å². The number of hydrogen-bond acceptors (Lipinski definition) is 2. The molecule has 1 aliphatic heterocycles. The topological polar surface area (TPSA) is 21.1 Å². The van der Waals surface area contributed by atoms with E-state index in [1.165, 1.54) is 6.07 Å². The minimum atomic E-state index is -2.70. The molecule has 2 heterocycles. The van der Waals surface area contributed by atoms with Gasteiger partial charge in [0.2, 0.25) is 5.95 Å². The molecule has 108 valence electrons. The zero-order chi connectivity index (χ0) is 14.5. The van der Waals surface area contributed by atoms with Crippen LogP contribution in [0.2, 0.25) is 0 Å². The predicted octanol–water partition coefficient (Wildman–Crippen LogP) is 3.60. The highest BCUT2D eigenvalue weighted by molar-refractivity contribution is 5.79. The first-order valence-corrected chi connectivity index (χ1v) is 6.68. The summed E-state index contributed by atoms with van der Waals surface area (Å²) in [6.45, 7) is 3.75. The van der Waals surface area contributed by atoms with Gasteiger partial charge < -0.3 is 9.47 Å². The second-order valence-electron chi connectivity index (χ2n) is 5.51. The highest BCUT2D eigenvalue weighted by Gasteiger charge is 2.40. The fourth-order valence-electron chi connectivity index (χ4n) is 2.71. The average molecular weight is 283 g/mol. The Morgan fingerprint density at radius 1 is 1.30 bits per heavy atom. The Kier molecular flexibility index (Phi) is 2.92. The molecular weight excluding hydrogens is 267 g/mol. The van der Waals surface area contributed by atoms with Crippen LogP contribution in [0, 0.1) is 5.82 Å². The highest BCUT2D eigenvalue weighted by atomic mass is 19.3. The Morgan fingerprint density at radius 3 is 2.65 bits per heavy atom. The van der Waals surface area contributed by atoms with Gasteiger partial charge in [-0.1, -0.05) is 6.07 Å². The molecule has 0 aliphatic carbocycles. The van der Waals surface area contributed by atoms with Gasteiger partial charge in [0.1, 0.15) is 5.52 Å². The summed E-state index contributed by atoms with van der Waals surface area (Å²) >= 11 is 0. The molecule has 2 aromatic rings. The summed E-state index contributed by atoms with van der Waals surface area (Å²) in [5.41, 5.74) is 0.886. The molecule has 3 nitrogen and oxygen atoms in total. The van der Waals surface area contributed by atoms with E-state index >= 15 is 0 Å². The Labute approximate surface area is 115 Å². The molecule has 20 heavy (non-hydrogen) atoms. The zero-order valence-corrected chi connectivity index (χ0v) is 11.4. The van der Waals surface area contributed by atoms with Crippen molar-refractivity contribution >= 4 is 17.0 Å². The second-order valence-corrected chi connectivity index (χ2v) is 5.51. The molecule has 1 aromatic carbocycles. The van der Waals surface area contributed by atoms with E-state index in [1.807, 2.05) is 18.4 Å². The van der Waals surface area contributed by atoms with E-state index in [0.717, 1.165) is 0 Å². The van der Waals surface area contributed by atoms with Crippen LogP contribution in [0.15, 0.2) is 18.2 Å². The zero-order valence-electron chi connectivity index (χ0n) is 11.4. The van der Waals surface area contributed by atoms with Crippen LogP contribution in [0.5, 0.6) is 0 Å². The third kappa shape index (κ3) is 2.03. The second kappa shape index (κ2) is 4.40. The standard InChI is InChI=1S/C14H16F3N3/c1-9(2)20-11-5-3-4-10(15)12(11)18-13(20)19-7-6-14(16,17)8-19/h3-5,9H,6-8H2,1-2H3. The van der Waals surface area contributed by atoms with Gasteiger partial charge in [-0.15, -0.1) is 0 Å². The smallest absolute Gasteiger partial charge is 0.267 e. The molecule has 6 heteroatoms. The lowest BCUT2D eigenvalue weighted by Crippen LogP contribution is -2.27. The van der Waals surface area contributed by atoms with Crippen LogP contribution in [-0.2, 0) is 0 Å². The molecule has 1 aromatic heterocycles. The summed E-state index contributed by atoms with van der Waals surface area (Å²) in [7, 11) is 0. The van der Waals surface area contributed by atoms with E-state index in [0.29, 0.717) is 11.5 Å². The lowest BCUT2D eigenvalue weighted by atomic mass is 10.3. The number of para-hydroxylation sites is 1. The quantitative estimate of drug-likeness (QED) is 0.839. The molecule has 1 saturated heterocycles. The van der Waals surface area contributed by atoms with Crippen molar-refractivity contribution in [3.05, 3.63) is 24.0 Å². The molecular formula is C14H16F3N3. The van der Waals surface area contributed by atoms with Crippen molar-refractivity contribution in [3.63, 3.8) is 0 Å². The van der Waals surface area contributed by atoms with Crippen molar-refractivity contribution in [2.24, 2.45) is 0 Å². The lowest BCUT2D eigenvalue weighted by Gasteiger charge is -2.21. The third-order valence-corrected chi connectivity index (χ3v) is 3.62. The molecule has 0 saturated carbocycles. The minimum Gasteiger partial charge on any atom is -0.336 e. The fraction of sp³-hybridized carbons (Fsp3) is 0.500. The maximum Gasteiger partial charge on any atom is 0.267 e. The maximum atomic E-state index is 13.8. The van der Waals surface area contributed by atoms with Gasteiger partial charge in [0, 0.05) is 19.0 Å². The summed E-state index contributed by atoms with van der Waals surface area (Å²) in [4.78, 5) is 5.80. The summed E-state index contributed by atoms with van der Waals surface area (Å²) in [6, 6.07) is 4.73. The van der Waals surface area contributed by atoms with Gasteiger partial charge >= 0.3 is 0 Å². The number of rotatable bonds is 2. The Morgan fingerprint density at radius 2 is 2.05 bits per heavy atom. The van der Waals surface area contributed by atoms with Gasteiger partial charge in [0.15, 0.2) is 5.82 Å². The molecule has 0 atom stereocenters. The van der Waals surface area contributed by atoms with Crippen molar-refractivity contribution in [1.29, 1.82) is 0 Å². The SMILES string of the molecule is CC(C)n1c(N2CCC(F)(F)C2)nc2c(F)cccc21. The van der Waals surface area contributed by atoms with Gasteiger partial charge in [-0.3, -0.25) is 0 Å². The van der Waals surface area contributed by atoms with Crippen molar-refractivity contribution in [2.45, 2.75) is 32.2 Å². The molecule has 0 radical (unpaired) electrons. The van der Waals surface area contributed by atoms with E-state index in [4.69, 9.17) is 0 Å². The summed E-state index contributed by atoms with van der Waals surface area (Å²) in [6.07, 6.45) is -0.184. The van der Waals surface area contributed by atoms with E-state index in [-0.39, 0.29) is 31.1 Å². The first-order valence-electron chi connectivity index (χ1n) is 6.68. The largest absolute Gasteiger partial charge is 0.336 e. The number of nitrogens with zero attached hydrogens (tertiary/aromatic N) is 3. The molecule has 1 aliphatic rings. The number of aromatic nitrogens is 2. The van der Waals surface area contributed by atoms with Crippen LogP contribution < -0.4 is 4.90 Å². The van der Waals surface area contributed by atoms with Gasteiger partial charge in [-0.05, 0) is 26.0 Å². The predicted molar refractivity (Wildman–Crippen MR) is 71.9 cm³/mol. The monoisotopic (exact) mass is 283 g/mol. The molecule has 0 spiro atoms. The molecule has 3 rings (SSSR count). The first kappa shape index (κ1) is 13.3. The van der Waals surface area contributed by atoms with Crippen molar-refractivity contribution in [1.82, 2.24) is 9.55 Å². The normalized spacial score (nSPS) is 18.4. The van der Waals surface area contributed by atoms with Crippen LogP contribution in [0.3, 0.4) is 0 Å². The van der Waals surface area contributed by atoms with E-state index in [2.05, 4.69) is 4.98 Å². The number of imidazole rings is 1.